The van der Waals surface area contributed by atoms with E-state index in [0.29, 0.717) is 6.04 Å². The SMILES string of the molecule is CCN(c1cccc(F)c1)c1ccc(C(C)NC)cc1Br. The van der Waals surface area contributed by atoms with E-state index in [4.69, 9.17) is 0 Å². The van der Waals surface area contributed by atoms with Crippen molar-refractivity contribution >= 4 is 27.3 Å². The summed E-state index contributed by atoms with van der Waals surface area (Å²) in [6.45, 7) is 4.94. The fourth-order valence-electron chi connectivity index (χ4n) is 2.31. The van der Waals surface area contributed by atoms with E-state index in [0.717, 1.165) is 22.4 Å². The molecular formula is C17H20BrFN2. The first-order chi connectivity index (χ1) is 10.1. The fraction of sp³-hybridized carbons (Fsp3) is 0.294. The first-order valence-electron chi connectivity index (χ1n) is 7.06. The maximum atomic E-state index is 13.4. The number of anilines is 2. The van der Waals surface area contributed by atoms with Crippen LogP contribution < -0.4 is 10.2 Å². The maximum Gasteiger partial charge on any atom is 0.125 e. The lowest BCUT2D eigenvalue weighted by Gasteiger charge is -2.25. The molecule has 0 aliphatic heterocycles. The third-order valence-corrected chi connectivity index (χ3v) is 4.27. The first-order valence-corrected chi connectivity index (χ1v) is 7.86. The molecule has 4 heteroatoms. The molecule has 2 aromatic carbocycles. The lowest BCUT2D eigenvalue weighted by molar-refractivity contribution is 0.627. The van der Waals surface area contributed by atoms with Gasteiger partial charge in [-0.1, -0.05) is 12.1 Å². The molecule has 0 aliphatic rings. The van der Waals surface area contributed by atoms with Crippen LogP contribution in [0.5, 0.6) is 0 Å². The van der Waals surface area contributed by atoms with Gasteiger partial charge >= 0.3 is 0 Å². The van der Waals surface area contributed by atoms with Gasteiger partial charge in [0, 0.05) is 22.7 Å². The summed E-state index contributed by atoms with van der Waals surface area (Å²) >= 11 is 3.64. The second-order valence-corrected chi connectivity index (χ2v) is 5.80. The molecule has 0 fully saturated rings. The molecule has 0 bridgehead atoms. The third kappa shape index (κ3) is 3.63. The number of halogens is 2. The van der Waals surface area contributed by atoms with Crippen molar-refractivity contribution in [3.05, 3.63) is 58.3 Å². The van der Waals surface area contributed by atoms with Crippen LogP contribution in [0.25, 0.3) is 0 Å². The van der Waals surface area contributed by atoms with Gasteiger partial charge in [-0.25, -0.2) is 4.39 Å². The molecule has 0 saturated heterocycles. The zero-order valence-electron chi connectivity index (χ0n) is 12.5. The Morgan fingerprint density at radius 2 is 2.00 bits per heavy atom. The number of hydrogen-bond donors (Lipinski definition) is 1. The van der Waals surface area contributed by atoms with Crippen molar-refractivity contribution in [2.75, 3.05) is 18.5 Å². The number of nitrogens with one attached hydrogen (secondary N) is 1. The van der Waals surface area contributed by atoms with Crippen LogP contribution in [0.4, 0.5) is 15.8 Å². The average molecular weight is 351 g/mol. The summed E-state index contributed by atoms with van der Waals surface area (Å²) < 4.78 is 14.5. The Morgan fingerprint density at radius 1 is 1.24 bits per heavy atom. The highest BCUT2D eigenvalue weighted by atomic mass is 79.9. The number of hydrogen-bond acceptors (Lipinski definition) is 2. The van der Waals surface area contributed by atoms with Crippen LogP contribution in [0.15, 0.2) is 46.9 Å². The summed E-state index contributed by atoms with van der Waals surface area (Å²) in [6, 6.07) is 13.2. The number of nitrogens with zero attached hydrogens (tertiary/aromatic N) is 1. The largest absolute Gasteiger partial charge is 0.341 e. The fourth-order valence-corrected chi connectivity index (χ4v) is 2.92. The molecule has 0 aliphatic carbocycles. The van der Waals surface area contributed by atoms with Crippen LogP contribution in [0.3, 0.4) is 0 Å². The minimum Gasteiger partial charge on any atom is -0.341 e. The Morgan fingerprint density at radius 3 is 2.57 bits per heavy atom. The zero-order valence-corrected chi connectivity index (χ0v) is 14.1. The predicted molar refractivity (Wildman–Crippen MR) is 90.7 cm³/mol. The molecule has 2 nitrogen and oxygen atoms in total. The van der Waals surface area contributed by atoms with Crippen LogP contribution in [-0.2, 0) is 0 Å². The van der Waals surface area contributed by atoms with E-state index in [1.807, 2.05) is 13.1 Å². The molecule has 0 saturated carbocycles. The topological polar surface area (TPSA) is 15.3 Å². The third-order valence-electron chi connectivity index (χ3n) is 3.63. The molecule has 0 amide bonds. The normalized spacial score (nSPS) is 12.2. The monoisotopic (exact) mass is 350 g/mol. The van der Waals surface area contributed by atoms with E-state index in [9.17, 15) is 4.39 Å². The maximum absolute atomic E-state index is 13.4. The van der Waals surface area contributed by atoms with Gasteiger partial charge in [0.15, 0.2) is 0 Å². The van der Waals surface area contributed by atoms with E-state index in [-0.39, 0.29) is 5.82 Å². The highest BCUT2D eigenvalue weighted by Crippen LogP contribution is 2.34. The highest BCUT2D eigenvalue weighted by Gasteiger charge is 2.13. The van der Waals surface area contributed by atoms with Crippen molar-refractivity contribution < 1.29 is 4.39 Å². The molecule has 21 heavy (non-hydrogen) atoms. The summed E-state index contributed by atoms with van der Waals surface area (Å²) in [6.07, 6.45) is 0. The van der Waals surface area contributed by atoms with Gasteiger partial charge in [0.05, 0.1) is 5.69 Å². The second-order valence-electron chi connectivity index (χ2n) is 4.95. The lowest BCUT2D eigenvalue weighted by atomic mass is 10.1. The molecule has 1 N–H and O–H groups in total. The zero-order chi connectivity index (χ0) is 15.4. The highest BCUT2D eigenvalue weighted by molar-refractivity contribution is 9.10. The van der Waals surface area contributed by atoms with Gasteiger partial charge in [-0.15, -0.1) is 0 Å². The summed E-state index contributed by atoms with van der Waals surface area (Å²) in [7, 11) is 1.94. The first kappa shape index (κ1) is 16.0. The van der Waals surface area contributed by atoms with Gasteiger partial charge in [-0.3, -0.25) is 0 Å². The van der Waals surface area contributed by atoms with Gasteiger partial charge < -0.3 is 10.2 Å². The van der Waals surface area contributed by atoms with Crippen LogP contribution in [0.2, 0.25) is 0 Å². The Balaban J connectivity index is 2.39. The Labute approximate surface area is 134 Å². The molecule has 0 aromatic heterocycles. The van der Waals surface area contributed by atoms with E-state index >= 15 is 0 Å². The molecular weight excluding hydrogens is 331 g/mol. The van der Waals surface area contributed by atoms with E-state index < -0.39 is 0 Å². The van der Waals surface area contributed by atoms with Crippen LogP contribution >= 0.6 is 15.9 Å². The number of benzene rings is 2. The molecule has 0 heterocycles. The van der Waals surface area contributed by atoms with Crippen LogP contribution in [-0.4, -0.2) is 13.6 Å². The molecule has 1 unspecified atom stereocenters. The van der Waals surface area contributed by atoms with Gasteiger partial charge in [0.25, 0.3) is 0 Å². The molecule has 0 radical (unpaired) electrons. The van der Waals surface area contributed by atoms with E-state index in [2.05, 4.69) is 58.2 Å². The molecule has 112 valence electrons. The number of rotatable bonds is 5. The van der Waals surface area contributed by atoms with E-state index in [1.54, 1.807) is 12.1 Å². The van der Waals surface area contributed by atoms with E-state index in [1.165, 1.54) is 11.6 Å². The van der Waals surface area contributed by atoms with Gasteiger partial charge in [0.2, 0.25) is 0 Å². The Bertz CT molecular complexity index is 615. The molecule has 1 atom stereocenters. The second kappa shape index (κ2) is 7.05. The van der Waals surface area contributed by atoms with Gasteiger partial charge in [-0.2, -0.15) is 0 Å². The minimum absolute atomic E-state index is 0.220. The van der Waals surface area contributed by atoms with Crippen molar-refractivity contribution in [1.29, 1.82) is 0 Å². The van der Waals surface area contributed by atoms with Crippen molar-refractivity contribution in [2.24, 2.45) is 0 Å². The summed E-state index contributed by atoms with van der Waals surface area (Å²) in [4.78, 5) is 2.08. The average Bonchev–Trinajstić information content (AvgIpc) is 2.49. The smallest absolute Gasteiger partial charge is 0.125 e. The van der Waals surface area contributed by atoms with Gasteiger partial charge in [0.1, 0.15) is 5.82 Å². The quantitative estimate of drug-likeness (QED) is 0.813. The molecule has 2 rings (SSSR count). The summed E-state index contributed by atoms with van der Waals surface area (Å²) in [5.41, 5.74) is 3.10. The van der Waals surface area contributed by atoms with Crippen LogP contribution in [0.1, 0.15) is 25.5 Å². The lowest BCUT2D eigenvalue weighted by Crippen LogP contribution is -2.17. The van der Waals surface area contributed by atoms with Crippen LogP contribution in [0, 0.1) is 5.82 Å². The molecule has 2 aromatic rings. The van der Waals surface area contributed by atoms with Crippen molar-refractivity contribution in [2.45, 2.75) is 19.9 Å². The minimum atomic E-state index is -0.220. The summed E-state index contributed by atoms with van der Waals surface area (Å²) in [5, 5.41) is 3.23. The molecule has 0 spiro atoms. The Kier molecular flexibility index (Phi) is 5.37. The van der Waals surface area contributed by atoms with Crippen molar-refractivity contribution in [3.63, 3.8) is 0 Å². The summed E-state index contributed by atoms with van der Waals surface area (Å²) in [5.74, 6) is -0.220. The standard InChI is InChI=1S/C17H20BrFN2/c1-4-21(15-7-5-6-14(19)11-15)17-9-8-13(10-16(17)18)12(2)20-3/h5-12,20H,4H2,1-3H3. The van der Waals surface area contributed by atoms with Crippen molar-refractivity contribution in [1.82, 2.24) is 5.32 Å². The van der Waals surface area contributed by atoms with Gasteiger partial charge in [-0.05, 0) is 72.7 Å². The van der Waals surface area contributed by atoms with Crippen molar-refractivity contribution in [3.8, 4) is 0 Å². The Hall–Kier alpha value is -1.39. The predicted octanol–water partition coefficient (Wildman–Crippen LogP) is 5.03.